The highest BCUT2D eigenvalue weighted by atomic mass is 32.1. The molecule has 5 rings (SSSR count). The zero-order valence-electron chi connectivity index (χ0n) is 15.7. The van der Waals surface area contributed by atoms with Crippen LogP contribution in [-0.2, 0) is 24.7 Å². The second-order valence-corrected chi connectivity index (χ2v) is 10.1. The lowest BCUT2D eigenvalue weighted by molar-refractivity contribution is -0.950. The van der Waals surface area contributed by atoms with Crippen molar-refractivity contribution in [1.29, 1.82) is 0 Å². The zero-order chi connectivity index (χ0) is 20.4. The van der Waals surface area contributed by atoms with E-state index in [1.165, 1.54) is 22.7 Å². The van der Waals surface area contributed by atoms with Crippen LogP contribution in [0.3, 0.4) is 0 Å². The molecule has 29 heavy (non-hydrogen) atoms. The molecule has 6 atom stereocenters. The van der Waals surface area contributed by atoms with Gasteiger partial charge in [0.1, 0.15) is 36.9 Å². The maximum Gasteiger partial charge on any atom is 0.349 e. The van der Waals surface area contributed by atoms with Crippen LogP contribution >= 0.6 is 22.7 Å². The predicted octanol–water partition coefficient (Wildman–Crippen LogP) is 0.466. The third-order valence-corrected chi connectivity index (χ3v) is 8.60. The molecule has 0 aromatic carbocycles. The Bertz CT molecular complexity index is 875. The molecular weight excluding hydrogens is 414 g/mol. The van der Waals surface area contributed by atoms with E-state index in [2.05, 4.69) is 0 Å². The van der Waals surface area contributed by atoms with Crippen LogP contribution in [0.4, 0.5) is 0 Å². The number of hydrogen-bond acceptors (Lipinski definition) is 8. The smallest absolute Gasteiger partial charge is 0.349 e. The fourth-order valence-corrected chi connectivity index (χ4v) is 6.91. The number of thiophene rings is 2. The van der Waals surface area contributed by atoms with E-state index in [1.807, 2.05) is 17.8 Å². The number of aliphatic hydroxyl groups is 1. The number of piperidine rings is 1. The lowest BCUT2D eigenvalue weighted by atomic mass is 9.94. The summed E-state index contributed by atoms with van der Waals surface area (Å²) in [4.78, 5) is 25.5. The molecule has 0 aliphatic carbocycles. The first-order valence-corrected chi connectivity index (χ1v) is 11.3. The van der Waals surface area contributed by atoms with Crippen molar-refractivity contribution >= 4 is 34.6 Å². The Balaban J connectivity index is 1.37. The van der Waals surface area contributed by atoms with E-state index in [4.69, 9.17) is 9.47 Å². The molecule has 1 N–H and O–H groups in total. The lowest BCUT2D eigenvalue weighted by Gasteiger charge is -2.48. The Hall–Kier alpha value is -1.78. The number of carboxylic acids is 1. The highest BCUT2D eigenvalue weighted by Crippen LogP contribution is 2.52. The van der Waals surface area contributed by atoms with Gasteiger partial charge in [-0.05, 0) is 22.9 Å². The number of aliphatic carboxylic acids is 1. The van der Waals surface area contributed by atoms with Crippen molar-refractivity contribution in [1.82, 2.24) is 0 Å². The maximum atomic E-state index is 13.2. The molecule has 3 aliphatic heterocycles. The number of epoxide rings is 1. The Morgan fingerprint density at radius 3 is 2.21 bits per heavy atom. The van der Waals surface area contributed by atoms with Gasteiger partial charge >= 0.3 is 5.97 Å². The third-order valence-electron chi connectivity index (χ3n) is 6.64. The van der Waals surface area contributed by atoms with Crippen LogP contribution in [0.1, 0.15) is 22.6 Å². The van der Waals surface area contributed by atoms with Crippen LogP contribution in [0.5, 0.6) is 0 Å². The van der Waals surface area contributed by atoms with Crippen molar-refractivity contribution in [2.24, 2.45) is 0 Å². The summed E-state index contributed by atoms with van der Waals surface area (Å²) in [7, 11) is 1.92. The number of ether oxygens (including phenoxy) is 2. The highest BCUT2D eigenvalue weighted by Gasteiger charge is 2.72. The largest absolute Gasteiger partial charge is 0.544 e. The first-order valence-electron chi connectivity index (χ1n) is 9.55. The van der Waals surface area contributed by atoms with Crippen LogP contribution in [0, 0.1) is 0 Å². The quantitative estimate of drug-likeness (QED) is 0.402. The number of nitrogens with zero attached hydrogens (tertiary/aromatic N) is 1. The first kappa shape index (κ1) is 19.2. The van der Waals surface area contributed by atoms with Gasteiger partial charge in [-0.2, -0.15) is 0 Å². The summed E-state index contributed by atoms with van der Waals surface area (Å²) in [6, 6.07) is 6.94. The summed E-state index contributed by atoms with van der Waals surface area (Å²) >= 11 is 2.61. The minimum absolute atomic E-state index is 0.0153. The fraction of sp³-hybridized carbons (Fsp3) is 0.500. The van der Waals surface area contributed by atoms with Crippen molar-refractivity contribution in [2.45, 2.75) is 48.8 Å². The molecular formula is C20H21NO6S2. The van der Waals surface area contributed by atoms with E-state index in [0.29, 0.717) is 27.1 Å². The van der Waals surface area contributed by atoms with Gasteiger partial charge in [0.2, 0.25) is 5.60 Å². The van der Waals surface area contributed by atoms with Crippen LogP contribution < -0.4 is 5.11 Å². The van der Waals surface area contributed by atoms with Crippen LogP contribution in [-0.4, -0.2) is 65.5 Å². The molecule has 3 fully saturated rings. The van der Waals surface area contributed by atoms with Gasteiger partial charge in [-0.3, -0.25) is 0 Å². The van der Waals surface area contributed by atoms with E-state index in [-0.39, 0.29) is 36.9 Å². The summed E-state index contributed by atoms with van der Waals surface area (Å²) in [6.07, 6.45) is 0.674. The molecule has 2 aromatic rings. The van der Waals surface area contributed by atoms with Gasteiger partial charge in [-0.15, -0.1) is 22.7 Å². The van der Waals surface area contributed by atoms with Gasteiger partial charge < -0.3 is 29.0 Å². The second-order valence-electron chi connectivity index (χ2n) is 8.24. The SMILES string of the molecule is C[N+]1(CC(=O)[O-])[C@@H]2CC(OC(=O)C(O)(c3cccs3)c3cccs3)C[C@H]1[C@H]1O[C@H]12. The molecule has 0 radical (unpaired) electrons. The second kappa shape index (κ2) is 6.61. The Labute approximate surface area is 175 Å². The van der Waals surface area contributed by atoms with Gasteiger partial charge in [0.25, 0.3) is 0 Å². The van der Waals surface area contributed by atoms with E-state index in [9.17, 15) is 19.8 Å². The van der Waals surface area contributed by atoms with Crippen molar-refractivity contribution in [2.75, 3.05) is 13.6 Å². The minimum atomic E-state index is -1.83. The number of quaternary nitrogens is 1. The summed E-state index contributed by atoms with van der Waals surface area (Å²) in [5, 5.41) is 26.3. The fourth-order valence-electron chi connectivity index (χ4n) is 5.19. The molecule has 3 saturated heterocycles. The van der Waals surface area contributed by atoms with Gasteiger partial charge in [0, 0.05) is 12.8 Å². The maximum absolute atomic E-state index is 13.2. The number of morpholine rings is 1. The Morgan fingerprint density at radius 2 is 1.76 bits per heavy atom. The van der Waals surface area contributed by atoms with Gasteiger partial charge in [-0.25, -0.2) is 4.79 Å². The highest BCUT2D eigenvalue weighted by molar-refractivity contribution is 7.12. The van der Waals surface area contributed by atoms with E-state index in [0.717, 1.165) is 0 Å². The van der Waals surface area contributed by atoms with E-state index in [1.54, 1.807) is 24.3 Å². The summed E-state index contributed by atoms with van der Waals surface area (Å²) in [5.74, 6) is -1.76. The number of likely N-dealkylation sites (N-methyl/N-ethyl adjacent to an activating group) is 1. The van der Waals surface area contributed by atoms with Crippen molar-refractivity contribution in [3.63, 3.8) is 0 Å². The number of fused-ring (bicyclic) bond motifs is 5. The van der Waals surface area contributed by atoms with Crippen molar-refractivity contribution < 1.29 is 33.8 Å². The van der Waals surface area contributed by atoms with Crippen LogP contribution in [0.2, 0.25) is 0 Å². The predicted molar refractivity (Wildman–Crippen MR) is 103 cm³/mol. The molecule has 2 bridgehead atoms. The average molecular weight is 436 g/mol. The molecule has 2 unspecified atom stereocenters. The number of carbonyl (C=O) groups is 2. The molecule has 7 nitrogen and oxygen atoms in total. The molecule has 0 amide bonds. The van der Waals surface area contributed by atoms with Crippen LogP contribution in [0.15, 0.2) is 35.0 Å². The zero-order valence-corrected chi connectivity index (χ0v) is 17.4. The number of rotatable bonds is 6. The summed E-state index contributed by atoms with van der Waals surface area (Å²) < 4.78 is 11.9. The Kier molecular flexibility index (Phi) is 4.38. The molecule has 0 saturated carbocycles. The van der Waals surface area contributed by atoms with Gasteiger partial charge in [-0.1, -0.05) is 12.1 Å². The summed E-state index contributed by atoms with van der Waals surface area (Å²) in [6.45, 7) is -0.0688. The van der Waals surface area contributed by atoms with E-state index < -0.39 is 17.5 Å². The minimum Gasteiger partial charge on any atom is -0.544 e. The van der Waals surface area contributed by atoms with Crippen molar-refractivity contribution in [3.8, 4) is 0 Å². The number of esters is 1. The topological polar surface area (TPSA) is 99.2 Å². The standard InChI is InChI=1S/C20H21NO6S2/c1-21(10-16(22)23)12-8-11(9-13(21)18-17(12)27-18)26-19(24)20(25,14-4-2-6-28-14)15-5-3-7-29-15/h2-7,11-13,17-18,25H,8-10H2,1H3/t11?,12-,13+,17+,18-,21?. The normalized spacial score (nSPS) is 35.2. The van der Waals surface area contributed by atoms with Gasteiger partial charge in [0.05, 0.1) is 22.8 Å². The Morgan fingerprint density at radius 1 is 1.21 bits per heavy atom. The van der Waals surface area contributed by atoms with Crippen LogP contribution in [0.25, 0.3) is 0 Å². The van der Waals surface area contributed by atoms with E-state index >= 15 is 0 Å². The number of hydrogen-bond donors (Lipinski definition) is 1. The monoisotopic (exact) mass is 435 g/mol. The molecule has 2 aromatic heterocycles. The number of carboxylic acid groups (broad SMARTS) is 1. The molecule has 9 heteroatoms. The average Bonchev–Trinajstić information content (AvgIpc) is 3.03. The summed E-state index contributed by atoms with van der Waals surface area (Å²) in [5.41, 5.74) is -1.83. The number of carbonyl (C=O) groups excluding carboxylic acids is 2. The van der Waals surface area contributed by atoms with Gasteiger partial charge in [0.15, 0.2) is 0 Å². The molecule has 0 spiro atoms. The lowest BCUT2D eigenvalue weighted by Crippen LogP contribution is -2.65. The first-order chi connectivity index (χ1) is 13.8. The third kappa shape index (κ3) is 2.87. The molecule has 154 valence electrons. The molecule has 5 heterocycles. The van der Waals surface area contributed by atoms with Crippen molar-refractivity contribution in [3.05, 3.63) is 44.8 Å². The molecule has 3 aliphatic rings.